The van der Waals surface area contributed by atoms with Gasteiger partial charge in [-0.1, -0.05) is 0 Å². The van der Waals surface area contributed by atoms with Gasteiger partial charge in [0.25, 0.3) is 5.69 Å². The fourth-order valence-corrected chi connectivity index (χ4v) is 3.16. The van der Waals surface area contributed by atoms with E-state index in [0.29, 0.717) is 12.2 Å². The highest BCUT2D eigenvalue weighted by molar-refractivity contribution is 14.1. The first-order valence-corrected chi connectivity index (χ1v) is 7.65. The topological polar surface area (TPSA) is 72.4 Å². The quantitative estimate of drug-likeness (QED) is 0.487. The van der Waals surface area contributed by atoms with E-state index in [0.717, 1.165) is 19.3 Å². The molecule has 1 aromatic rings. The summed E-state index contributed by atoms with van der Waals surface area (Å²) in [4.78, 5) is 12.7. The molecule has 0 spiro atoms. The Morgan fingerprint density at radius 2 is 2.25 bits per heavy atom. The average molecular weight is 393 g/mol. The Morgan fingerprint density at radius 1 is 1.55 bits per heavy atom. The lowest BCUT2D eigenvalue weighted by atomic mass is 9.96. The van der Waals surface area contributed by atoms with Crippen LogP contribution in [0.3, 0.4) is 0 Å². The van der Waals surface area contributed by atoms with Crippen LogP contribution in [0.5, 0.6) is 0 Å². The molecule has 0 radical (unpaired) electrons. The maximum Gasteiger partial charge on any atom is 0.293 e. The van der Waals surface area contributed by atoms with E-state index in [1.54, 1.807) is 22.6 Å². The third kappa shape index (κ3) is 3.03. The zero-order chi connectivity index (χ0) is 14.9. The second-order valence-electron chi connectivity index (χ2n) is 5.13. The van der Waals surface area contributed by atoms with Gasteiger partial charge in [-0.25, -0.2) is 4.39 Å². The maximum absolute atomic E-state index is 13.8. The Balaban J connectivity index is 2.49. The maximum atomic E-state index is 13.8. The van der Waals surface area contributed by atoms with Crippen molar-refractivity contribution in [3.05, 3.63) is 31.6 Å². The first kappa shape index (κ1) is 15.4. The van der Waals surface area contributed by atoms with Crippen molar-refractivity contribution in [3.8, 4) is 0 Å². The molecule has 1 aliphatic rings. The number of rotatable bonds is 3. The van der Waals surface area contributed by atoms with Crippen LogP contribution >= 0.6 is 22.6 Å². The molecule has 2 rings (SSSR count). The van der Waals surface area contributed by atoms with Crippen LogP contribution in [0.1, 0.15) is 26.2 Å². The molecule has 7 heteroatoms. The molecule has 20 heavy (non-hydrogen) atoms. The predicted molar refractivity (Wildman–Crippen MR) is 84.4 cm³/mol. The zero-order valence-electron chi connectivity index (χ0n) is 11.2. The molecule has 2 atom stereocenters. The Hall–Kier alpha value is -0.960. The largest absolute Gasteiger partial charge is 0.361 e. The van der Waals surface area contributed by atoms with Gasteiger partial charge in [0, 0.05) is 30.8 Å². The van der Waals surface area contributed by atoms with E-state index in [4.69, 9.17) is 5.73 Å². The molecule has 110 valence electrons. The minimum absolute atomic E-state index is 0.0157. The molecule has 2 N–H and O–H groups in total. The summed E-state index contributed by atoms with van der Waals surface area (Å²) in [5, 5.41) is 11.2. The van der Waals surface area contributed by atoms with E-state index >= 15 is 0 Å². The lowest BCUT2D eigenvalue weighted by Crippen LogP contribution is -2.49. The van der Waals surface area contributed by atoms with Gasteiger partial charge >= 0.3 is 0 Å². The van der Waals surface area contributed by atoms with Crippen molar-refractivity contribution >= 4 is 34.0 Å². The molecule has 0 saturated carbocycles. The predicted octanol–water partition coefficient (Wildman–Crippen LogP) is 3.04. The van der Waals surface area contributed by atoms with Crippen molar-refractivity contribution in [2.75, 3.05) is 11.4 Å². The van der Waals surface area contributed by atoms with Gasteiger partial charge in [0.05, 0.1) is 8.49 Å². The fraction of sp³-hybridized carbons (Fsp3) is 0.538. The molecule has 0 aliphatic carbocycles. The summed E-state index contributed by atoms with van der Waals surface area (Å²) in [5.74, 6) is -0.430. The van der Waals surface area contributed by atoms with Gasteiger partial charge in [0.2, 0.25) is 0 Å². The molecule has 2 unspecified atom stereocenters. The van der Waals surface area contributed by atoms with Gasteiger partial charge in [0.15, 0.2) is 0 Å². The molecule has 1 heterocycles. The van der Waals surface area contributed by atoms with Gasteiger partial charge in [-0.2, -0.15) is 0 Å². The number of anilines is 1. The van der Waals surface area contributed by atoms with E-state index in [2.05, 4.69) is 0 Å². The highest BCUT2D eigenvalue weighted by Crippen LogP contribution is 2.35. The molecule has 0 bridgehead atoms. The van der Waals surface area contributed by atoms with Crippen molar-refractivity contribution in [1.82, 2.24) is 0 Å². The van der Waals surface area contributed by atoms with Gasteiger partial charge in [-0.3, -0.25) is 10.1 Å². The molecular weight excluding hydrogens is 376 g/mol. The van der Waals surface area contributed by atoms with Gasteiger partial charge in [0.1, 0.15) is 11.5 Å². The lowest BCUT2D eigenvalue weighted by molar-refractivity contribution is -0.384. The summed E-state index contributed by atoms with van der Waals surface area (Å²) in [6, 6.07) is 2.46. The fourth-order valence-electron chi connectivity index (χ4n) is 2.71. The number of benzene rings is 1. The summed E-state index contributed by atoms with van der Waals surface area (Å²) in [7, 11) is 0. The Morgan fingerprint density at radius 3 is 2.85 bits per heavy atom. The van der Waals surface area contributed by atoms with Crippen LogP contribution in [0.25, 0.3) is 0 Å². The molecule has 1 aliphatic heterocycles. The van der Waals surface area contributed by atoms with Crippen LogP contribution in [0.15, 0.2) is 12.1 Å². The standard InChI is InChI=1S/C13H17FIN3O2/c1-8(16)11-4-2-3-5-17(11)12-6-9(14)10(15)7-13(12)18(19)20/h6-8,11H,2-5,16H2,1H3. The van der Waals surface area contributed by atoms with Crippen molar-refractivity contribution < 1.29 is 9.31 Å². The van der Waals surface area contributed by atoms with Crippen LogP contribution in [-0.2, 0) is 0 Å². The number of nitro groups is 1. The molecule has 0 amide bonds. The third-order valence-corrected chi connectivity index (χ3v) is 4.51. The van der Waals surface area contributed by atoms with Gasteiger partial charge < -0.3 is 10.6 Å². The molecule has 1 aromatic carbocycles. The monoisotopic (exact) mass is 393 g/mol. The van der Waals surface area contributed by atoms with E-state index in [9.17, 15) is 14.5 Å². The van der Waals surface area contributed by atoms with Crippen LogP contribution < -0.4 is 10.6 Å². The number of nitro benzene ring substituents is 1. The number of halogens is 2. The Bertz CT molecular complexity index is 525. The van der Waals surface area contributed by atoms with E-state index in [1.165, 1.54) is 12.1 Å². The Labute approximate surface area is 130 Å². The second-order valence-corrected chi connectivity index (χ2v) is 6.29. The minimum Gasteiger partial charge on any atom is -0.361 e. The second kappa shape index (κ2) is 6.21. The molecule has 1 fully saturated rings. The highest BCUT2D eigenvalue weighted by Gasteiger charge is 2.31. The van der Waals surface area contributed by atoms with Gasteiger partial charge in [-0.05, 0) is 48.8 Å². The lowest BCUT2D eigenvalue weighted by Gasteiger charge is -2.39. The molecular formula is C13H17FIN3O2. The average Bonchev–Trinajstić information content (AvgIpc) is 2.41. The number of hydrogen-bond donors (Lipinski definition) is 1. The summed E-state index contributed by atoms with van der Waals surface area (Å²) in [5.41, 5.74) is 6.27. The van der Waals surface area contributed by atoms with Crippen LogP contribution in [0.2, 0.25) is 0 Å². The highest BCUT2D eigenvalue weighted by atomic mass is 127. The SMILES string of the molecule is CC(N)C1CCCCN1c1cc(F)c(I)cc1[N+](=O)[O-]. The number of hydrogen-bond acceptors (Lipinski definition) is 4. The summed E-state index contributed by atoms with van der Waals surface area (Å²) < 4.78 is 14.1. The normalized spacial score (nSPS) is 20.8. The molecule has 5 nitrogen and oxygen atoms in total. The summed E-state index contributed by atoms with van der Waals surface area (Å²) in [6.45, 7) is 2.56. The van der Waals surface area contributed by atoms with Crippen molar-refractivity contribution in [2.45, 2.75) is 38.3 Å². The minimum atomic E-state index is -0.455. The molecule has 0 aromatic heterocycles. The molecule has 1 saturated heterocycles. The first-order chi connectivity index (χ1) is 9.41. The first-order valence-electron chi connectivity index (χ1n) is 6.57. The van der Waals surface area contributed by atoms with Crippen LogP contribution in [0.4, 0.5) is 15.8 Å². The van der Waals surface area contributed by atoms with Crippen molar-refractivity contribution in [3.63, 3.8) is 0 Å². The zero-order valence-corrected chi connectivity index (χ0v) is 13.3. The van der Waals surface area contributed by atoms with Crippen molar-refractivity contribution in [1.29, 1.82) is 0 Å². The Kier molecular flexibility index (Phi) is 4.79. The number of nitrogens with zero attached hydrogens (tertiary/aromatic N) is 2. The number of nitrogens with two attached hydrogens (primary N) is 1. The summed E-state index contributed by atoms with van der Waals surface area (Å²) >= 11 is 1.77. The summed E-state index contributed by atoms with van der Waals surface area (Å²) in [6.07, 6.45) is 2.86. The third-order valence-electron chi connectivity index (χ3n) is 3.68. The number of piperidine rings is 1. The van der Waals surface area contributed by atoms with Crippen molar-refractivity contribution in [2.24, 2.45) is 5.73 Å². The van der Waals surface area contributed by atoms with Crippen LogP contribution in [-0.4, -0.2) is 23.6 Å². The van der Waals surface area contributed by atoms with E-state index in [1.807, 2.05) is 11.8 Å². The van der Waals surface area contributed by atoms with E-state index < -0.39 is 10.7 Å². The smallest absolute Gasteiger partial charge is 0.293 e. The van der Waals surface area contributed by atoms with Crippen LogP contribution in [0, 0.1) is 19.5 Å². The van der Waals surface area contributed by atoms with Gasteiger partial charge in [-0.15, -0.1) is 0 Å². The van der Waals surface area contributed by atoms with E-state index in [-0.39, 0.29) is 21.3 Å².